The van der Waals surface area contributed by atoms with E-state index in [2.05, 4.69) is 46.1 Å². The van der Waals surface area contributed by atoms with Crippen LogP contribution in [-0.2, 0) is 4.74 Å². The number of halogens is 1. The van der Waals surface area contributed by atoms with E-state index in [0.29, 0.717) is 6.10 Å². The number of rotatable bonds is 4. The van der Waals surface area contributed by atoms with Crippen molar-refractivity contribution < 1.29 is 4.74 Å². The van der Waals surface area contributed by atoms with Gasteiger partial charge in [0, 0.05) is 30.7 Å². The van der Waals surface area contributed by atoms with E-state index >= 15 is 0 Å². The van der Waals surface area contributed by atoms with Gasteiger partial charge in [0.2, 0.25) is 0 Å². The Morgan fingerprint density at radius 1 is 1.47 bits per heavy atom. The molecule has 1 aromatic rings. The zero-order valence-electron chi connectivity index (χ0n) is 11.7. The number of nitrogens with zero attached hydrogens (tertiary/aromatic N) is 1. The SMILES string of the molecule is C[C@H](N)c1ccc(N(C)CC2CCCCO2)c(Br)c1. The predicted octanol–water partition coefficient (Wildman–Crippen LogP) is 3.47. The van der Waals surface area contributed by atoms with Gasteiger partial charge in [0.15, 0.2) is 0 Å². The second kappa shape index (κ2) is 6.73. The molecule has 2 rings (SSSR count). The summed E-state index contributed by atoms with van der Waals surface area (Å²) < 4.78 is 6.89. The first-order chi connectivity index (χ1) is 9.08. The standard InChI is InChI=1S/C15H23BrN2O/c1-11(17)12-6-7-15(14(16)9-12)18(2)10-13-5-3-4-8-19-13/h6-7,9,11,13H,3-5,8,10,17H2,1-2H3/t11-,13?/m0/s1. The Balaban J connectivity index is 2.03. The lowest BCUT2D eigenvalue weighted by Gasteiger charge is -2.29. The van der Waals surface area contributed by atoms with Gasteiger partial charge in [-0.2, -0.15) is 0 Å². The Bertz CT molecular complexity index is 417. The number of likely N-dealkylation sites (N-methyl/N-ethyl adjacent to an activating group) is 1. The molecule has 0 bridgehead atoms. The highest BCUT2D eigenvalue weighted by Gasteiger charge is 2.17. The highest BCUT2D eigenvalue weighted by Crippen LogP contribution is 2.29. The van der Waals surface area contributed by atoms with E-state index in [0.717, 1.165) is 23.2 Å². The summed E-state index contributed by atoms with van der Waals surface area (Å²) in [5.41, 5.74) is 8.25. The van der Waals surface area contributed by atoms with Crippen molar-refractivity contribution in [3.05, 3.63) is 28.2 Å². The number of hydrogen-bond donors (Lipinski definition) is 1. The third-order valence-electron chi connectivity index (χ3n) is 3.66. The molecule has 1 aromatic carbocycles. The van der Waals surface area contributed by atoms with Gasteiger partial charge in [-0.15, -0.1) is 0 Å². The maximum absolute atomic E-state index is 5.90. The monoisotopic (exact) mass is 326 g/mol. The third-order valence-corrected chi connectivity index (χ3v) is 4.30. The molecule has 106 valence electrons. The van der Waals surface area contributed by atoms with Gasteiger partial charge >= 0.3 is 0 Å². The molecule has 0 aliphatic carbocycles. The maximum Gasteiger partial charge on any atom is 0.0749 e. The molecule has 4 heteroatoms. The minimum Gasteiger partial charge on any atom is -0.376 e. The van der Waals surface area contributed by atoms with E-state index in [9.17, 15) is 0 Å². The Morgan fingerprint density at radius 2 is 2.26 bits per heavy atom. The van der Waals surface area contributed by atoms with Gasteiger partial charge in [0.05, 0.1) is 11.8 Å². The molecule has 0 aromatic heterocycles. The van der Waals surface area contributed by atoms with Gasteiger partial charge in [-0.25, -0.2) is 0 Å². The minimum atomic E-state index is 0.0670. The summed E-state index contributed by atoms with van der Waals surface area (Å²) in [5.74, 6) is 0. The van der Waals surface area contributed by atoms with Crippen LogP contribution >= 0.6 is 15.9 Å². The van der Waals surface area contributed by atoms with Crippen molar-refractivity contribution in [3.8, 4) is 0 Å². The van der Waals surface area contributed by atoms with Crippen LogP contribution in [0, 0.1) is 0 Å². The summed E-state index contributed by atoms with van der Waals surface area (Å²) in [4.78, 5) is 2.25. The minimum absolute atomic E-state index is 0.0670. The molecule has 0 amide bonds. The summed E-state index contributed by atoms with van der Waals surface area (Å²) in [7, 11) is 2.11. The first-order valence-electron chi connectivity index (χ1n) is 6.95. The molecule has 1 fully saturated rings. The second-order valence-corrected chi connectivity index (χ2v) is 6.22. The molecular formula is C15H23BrN2O. The number of benzene rings is 1. The molecule has 2 atom stereocenters. The van der Waals surface area contributed by atoms with Crippen molar-refractivity contribution in [1.29, 1.82) is 0 Å². The van der Waals surface area contributed by atoms with Crippen molar-refractivity contribution in [2.75, 3.05) is 25.1 Å². The number of ether oxygens (including phenoxy) is 1. The molecule has 0 spiro atoms. The Hall–Kier alpha value is -0.580. The van der Waals surface area contributed by atoms with Crippen molar-refractivity contribution in [2.45, 2.75) is 38.3 Å². The van der Waals surface area contributed by atoms with Crippen LogP contribution < -0.4 is 10.6 Å². The van der Waals surface area contributed by atoms with E-state index in [1.807, 2.05) is 6.92 Å². The van der Waals surface area contributed by atoms with Gasteiger partial charge in [0.1, 0.15) is 0 Å². The Kier molecular flexibility index (Phi) is 5.25. The lowest BCUT2D eigenvalue weighted by molar-refractivity contribution is 0.0216. The number of anilines is 1. The quantitative estimate of drug-likeness (QED) is 0.920. The zero-order valence-corrected chi connectivity index (χ0v) is 13.3. The van der Waals surface area contributed by atoms with Crippen LogP contribution in [0.5, 0.6) is 0 Å². The van der Waals surface area contributed by atoms with Gasteiger partial charge in [-0.05, 0) is 59.8 Å². The fourth-order valence-corrected chi connectivity index (χ4v) is 3.17. The largest absolute Gasteiger partial charge is 0.376 e. The van der Waals surface area contributed by atoms with Crippen LogP contribution in [0.25, 0.3) is 0 Å². The van der Waals surface area contributed by atoms with E-state index < -0.39 is 0 Å². The smallest absolute Gasteiger partial charge is 0.0749 e. The highest BCUT2D eigenvalue weighted by atomic mass is 79.9. The molecule has 1 saturated heterocycles. The van der Waals surface area contributed by atoms with Crippen LogP contribution in [0.1, 0.15) is 37.8 Å². The Labute approximate surface area is 124 Å². The molecule has 1 unspecified atom stereocenters. The lowest BCUT2D eigenvalue weighted by Crippen LogP contribution is -2.33. The van der Waals surface area contributed by atoms with Gasteiger partial charge in [0.25, 0.3) is 0 Å². The normalized spacial score (nSPS) is 21.2. The van der Waals surface area contributed by atoms with Crippen molar-refractivity contribution in [2.24, 2.45) is 5.73 Å². The molecule has 0 radical (unpaired) electrons. The number of nitrogens with two attached hydrogens (primary N) is 1. The topological polar surface area (TPSA) is 38.5 Å². The highest BCUT2D eigenvalue weighted by molar-refractivity contribution is 9.10. The first kappa shape index (κ1) is 14.8. The van der Waals surface area contributed by atoms with E-state index in [1.165, 1.54) is 24.9 Å². The van der Waals surface area contributed by atoms with E-state index in [4.69, 9.17) is 10.5 Å². The molecule has 1 heterocycles. The van der Waals surface area contributed by atoms with Gasteiger partial charge in [-0.3, -0.25) is 0 Å². The predicted molar refractivity (Wildman–Crippen MR) is 83.6 cm³/mol. The summed E-state index contributed by atoms with van der Waals surface area (Å²) in [6, 6.07) is 6.41. The van der Waals surface area contributed by atoms with Crippen LogP contribution in [0.15, 0.2) is 22.7 Å². The molecule has 1 aliphatic heterocycles. The van der Waals surface area contributed by atoms with E-state index in [-0.39, 0.29) is 6.04 Å². The Morgan fingerprint density at radius 3 is 2.84 bits per heavy atom. The van der Waals surface area contributed by atoms with Gasteiger partial charge < -0.3 is 15.4 Å². The fraction of sp³-hybridized carbons (Fsp3) is 0.600. The fourth-order valence-electron chi connectivity index (χ4n) is 2.47. The summed E-state index contributed by atoms with van der Waals surface area (Å²) in [6.07, 6.45) is 4.01. The van der Waals surface area contributed by atoms with Crippen molar-refractivity contribution >= 4 is 21.6 Å². The average molecular weight is 327 g/mol. The molecule has 1 aliphatic rings. The van der Waals surface area contributed by atoms with Crippen molar-refractivity contribution in [1.82, 2.24) is 0 Å². The zero-order chi connectivity index (χ0) is 13.8. The van der Waals surface area contributed by atoms with Crippen LogP contribution in [0.3, 0.4) is 0 Å². The van der Waals surface area contributed by atoms with Crippen LogP contribution in [0.2, 0.25) is 0 Å². The lowest BCUT2D eigenvalue weighted by atomic mass is 10.1. The molecule has 0 saturated carbocycles. The molecule has 2 N–H and O–H groups in total. The number of hydrogen-bond acceptors (Lipinski definition) is 3. The maximum atomic E-state index is 5.90. The average Bonchev–Trinajstić information content (AvgIpc) is 2.39. The van der Waals surface area contributed by atoms with Crippen LogP contribution in [-0.4, -0.2) is 26.3 Å². The van der Waals surface area contributed by atoms with Crippen LogP contribution in [0.4, 0.5) is 5.69 Å². The van der Waals surface area contributed by atoms with Gasteiger partial charge in [-0.1, -0.05) is 6.07 Å². The van der Waals surface area contributed by atoms with E-state index in [1.54, 1.807) is 0 Å². The molecule has 19 heavy (non-hydrogen) atoms. The molecule has 3 nitrogen and oxygen atoms in total. The van der Waals surface area contributed by atoms with Crippen molar-refractivity contribution in [3.63, 3.8) is 0 Å². The summed E-state index contributed by atoms with van der Waals surface area (Å²) in [6.45, 7) is 3.85. The summed E-state index contributed by atoms with van der Waals surface area (Å²) >= 11 is 3.64. The summed E-state index contributed by atoms with van der Waals surface area (Å²) in [5, 5.41) is 0. The second-order valence-electron chi connectivity index (χ2n) is 5.37. The first-order valence-corrected chi connectivity index (χ1v) is 7.75. The third kappa shape index (κ3) is 3.94. The molecular weight excluding hydrogens is 304 g/mol.